The fraction of sp³-hybridized carbons (Fsp3) is 0.200. The Morgan fingerprint density at radius 3 is 3.23 bits per heavy atom. The summed E-state index contributed by atoms with van der Waals surface area (Å²) in [5.41, 5.74) is 0.854. The number of carbonyl (C=O) groups excluding carboxylic acids is 1. The number of carbonyl (C=O) groups is 1. The first-order valence-corrected chi connectivity index (χ1v) is 4.00. The second-order valence-electron chi connectivity index (χ2n) is 2.31. The van der Waals surface area contributed by atoms with E-state index < -0.39 is 0 Å². The molecule has 0 amide bonds. The maximum atomic E-state index is 10.9. The Morgan fingerprint density at radius 1 is 1.77 bits per heavy atom. The van der Waals surface area contributed by atoms with Crippen molar-refractivity contribution in [1.29, 1.82) is 0 Å². The molecule has 1 heterocycles. The number of pyridine rings is 1. The zero-order chi connectivity index (χ0) is 9.52. The number of rotatable bonds is 3. The normalized spacial score (nSPS) is 10.2. The van der Waals surface area contributed by atoms with Crippen LogP contribution in [0.5, 0.6) is 0 Å². The molecule has 0 saturated heterocycles. The van der Waals surface area contributed by atoms with Crippen LogP contribution in [0, 0.1) is 6.20 Å². The molecule has 0 aliphatic rings. The average molecular weight is 176 g/mol. The predicted octanol–water partition coefficient (Wildman–Crippen LogP) is 1.46. The van der Waals surface area contributed by atoms with Gasteiger partial charge in [0, 0.05) is 12.3 Å². The van der Waals surface area contributed by atoms with Gasteiger partial charge in [0.05, 0.1) is 12.8 Å². The van der Waals surface area contributed by atoms with Crippen molar-refractivity contribution in [1.82, 2.24) is 4.98 Å². The van der Waals surface area contributed by atoms with Gasteiger partial charge >= 0.3 is 5.97 Å². The lowest BCUT2D eigenvalue weighted by Gasteiger charge is -1.94. The molecule has 3 nitrogen and oxygen atoms in total. The Kier molecular flexibility index (Phi) is 3.70. The van der Waals surface area contributed by atoms with Gasteiger partial charge in [0.15, 0.2) is 0 Å². The van der Waals surface area contributed by atoms with Crippen molar-refractivity contribution in [3.05, 3.63) is 36.2 Å². The van der Waals surface area contributed by atoms with Crippen LogP contribution in [0.3, 0.4) is 0 Å². The molecule has 0 bridgehead atoms. The van der Waals surface area contributed by atoms with E-state index in [1.165, 1.54) is 6.08 Å². The molecule has 67 valence electrons. The van der Waals surface area contributed by atoms with E-state index >= 15 is 0 Å². The highest BCUT2D eigenvalue weighted by Crippen LogP contribution is 1.98. The summed E-state index contributed by atoms with van der Waals surface area (Å²) in [6.07, 6.45) is 7.29. The summed E-state index contributed by atoms with van der Waals surface area (Å²) in [6, 6.07) is 3.49. The van der Waals surface area contributed by atoms with E-state index in [0.717, 1.165) is 5.56 Å². The lowest BCUT2D eigenvalue weighted by Crippen LogP contribution is -1.98. The highest BCUT2D eigenvalue weighted by molar-refractivity contribution is 5.86. The first kappa shape index (κ1) is 9.45. The van der Waals surface area contributed by atoms with E-state index in [1.807, 2.05) is 6.07 Å². The summed E-state index contributed by atoms with van der Waals surface area (Å²) in [4.78, 5) is 14.7. The van der Waals surface area contributed by atoms with Crippen LogP contribution >= 0.6 is 0 Å². The van der Waals surface area contributed by atoms with E-state index in [-0.39, 0.29) is 5.97 Å². The van der Waals surface area contributed by atoms with E-state index in [2.05, 4.69) is 11.2 Å². The molecule has 0 aliphatic heterocycles. The Hall–Kier alpha value is -1.64. The molecule has 0 spiro atoms. The minimum Gasteiger partial charge on any atom is -0.463 e. The molecule has 1 rings (SSSR count). The lowest BCUT2D eigenvalue weighted by molar-refractivity contribution is -0.137. The molecule has 0 atom stereocenters. The van der Waals surface area contributed by atoms with Crippen LogP contribution in [0.15, 0.2) is 24.4 Å². The van der Waals surface area contributed by atoms with E-state index in [1.54, 1.807) is 25.3 Å². The third kappa shape index (κ3) is 3.51. The summed E-state index contributed by atoms with van der Waals surface area (Å²) in [6.45, 7) is 2.16. The maximum Gasteiger partial charge on any atom is 0.330 e. The smallest absolute Gasteiger partial charge is 0.330 e. The fourth-order valence-corrected chi connectivity index (χ4v) is 0.785. The average Bonchev–Trinajstić information content (AvgIpc) is 2.17. The van der Waals surface area contributed by atoms with Gasteiger partial charge in [-0.3, -0.25) is 4.98 Å². The molecule has 1 aromatic rings. The second kappa shape index (κ2) is 5.09. The van der Waals surface area contributed by atoms with Crippen molar-refractivity contribution in [2.75, 3.05) is 6.61 Å². The molecule has 13 heavy (non-hydrogen) atoms. The minimum atomic E-state index is -0.338. The number of hydrogen-bond donors (Lipinski definition) is 0. The number of hydrogen-bond acceptors (Lipinski definition) is 3. The standard InChI is InChI=1S/C10H10NO2/c1-2-13-10(12)6-5-9-4-3-7-11-8-9/h3-6,8H,2H2,1H3/b6-5+. The zero-order valence-electron chi connectivity index (χ0n) is 7.36. The van der Waals surface area contributed by atoms with Crippen molar-refractivity contribution < 1.29 is 9.53 Å². The molecular formula is C10H10NO2. The summed E-state index contributed by atoms with van der Waals surface area (Å²) in [5.74, 6) is -0.338. The van der Waals surface area contributed by atoms with Gasteiger partial charge in [-0.05, 0) is 24.6 Å². The number of aromatic nitrogens is 1. The van der Waals surface area contributed by atoms with Gasteiger partial charge in [-0.25, -0.2) is 4.79 Å². The second-order valence-corrected chi connectivity index (χ2v) is 2.31. The zero-order valence-corrected chi connectivity index (χ0v) is 7.36. The molecule has 0 aromatic carbocycles. The molecular weight excluding hydrogens is 166 g/mol. The monoisotopic (exact) mass is 176 g/mol. The molecule has 0 saturated carbocycles. The fourth-order valence-electron chi connectivity index (χ4n) is 0.785. The molecule has 1 aromatic heterocycles. The van der Waals surface area contributed by atoms with Crippen LogP contribution in [0.4, 0.5) is 0 Å². The highest BCUT2D eigenvalue weighted by atomic mass is 16.5. The third-order valence-corrected chi connectivity index (χ3v) is 1.34. The van der Waals surface area contributed by atoms with Gasteiger partial charge in [-0.2, -0.15) is 0 Å². The quantitative estimate of drug-likeness (QED) is 0.517. The van der Waals surface area contributed by atoms with Crippen LogP contribution in [0.25, 0.3) is 6.08 Å². The molecule has 0 N–H and O–H groups in total. The first-order chi connectivity index (χ1) is 6.33. The van der Waals surface area contributed by atoms with Crippen molar-refractivity contribution in [2.24, 2.45) is 0 Å². The van der Waals surface area contributed by atoms with Gasteiger partial charge in [0.25, 0.3) is 0 Å². The van der Waals surface area contributed by atoms with Gasteiger partial charge < -0.3 is 4.74 Å². The summed E-state index contributed by atoms with van der Waals surface area (Å²) in [7, 11) is 0. The Bertz CT molecular complexity index is 293. The van der Waals surface area contributed by atoms with Crippen LogP contribution < -0.4 is 0 Å². The molecule has 0 aliphatic carbocycles. The summed E-state index contributed by atoms with van der Waals surface area (Å²) < 4.78 is 4.71. The van der Waals surface area contributed by atoms with Gasteiger partial charge in [0.1, 0.15) is 0 Å². The Balaban J connectivity index is 2.54. The number of ether oxygens (including phenoxy) is 1. The minimum absolute atomic E-state index is 0.338. The summed E-state index contributed by atoms with van der Waals surface area (Å²) in [5, 5.41) is 0. The largest absolute Gasteiger partial charge is 0.463 e. The topological polar surface area (TPSA) is 39.2 Å². The first-order valence-electron chi connectivity index (χ1n) is 4.00. The van der Waals surface area contributed by atoms with Gasteiger partial charge in [-0.15, -0.1) is 0 Å². The third-order valence-electron chi connectivity index (χ3n) is 1.34. The van der Waals surface area contributed by atoms with E-state index in [9.17, 15) is 4.79 Å². The molecule has 0 unspecified atom stereocenters. The molecule has 3 heteroatoms. The van der Waals surface area contributed by atoms with Crippen molar-refractivity contribution >= 4 is 12.0 Å². The van der Waals surface area contributed by atoms with Gasteiger partial charge in [-0.1, -0.05) is 6.07 Å². The van der Waals surface area contributed by atoms with Crippen LogP contribution in [0.1, 0.15) is 12.5 Å². The van der Waals surface area contributed by atoms with E-state index in [0.29, 0.717) is 6.61 Å². The molecule has 0 fully saturated rings. The SMILES string of the molecule is CCOC(=O)/C=C/c1cc[c]nc1. The van der Waals surface area contributed by atoms with E-state index in [4.69, 9.17) is 4.74 Å². The molecule has 1 radical (unpaired) electrons. The Morgan fingerprint density at radius 2 is 2.62 bits per heavy atom. The van der Waals surface area contributed by atoms with Crippen LogP contribution in [-0.4, -0.2) is 17.6 Å². The van der Waals surface area contributed by atoms with Crippen molar-refractivity contribution in [2.45, 2.75) is 6.92 Å². The van der Waals surface area contributed by atoms with Crippen molar-refractivity contribution in [3.8, 4) is 0 Å². The highest BCUT2D eigenvalue weighted by Gasteiger charge is 1.92. The summed E-state index contributed by atoms with van der Waals surface area (Å²) >= 11 is 0. The number of esters is 1. The number of nitrogens with zero attached hydrogens (tertiary/aromatic N) is 1. The van der Waals surface area contributed by atoms with Crippen LogP contribution in [0.2, 0.25) is 0 Å². The lowest BCUT2D eigenvalue weighted by atomic mass is 10.2. The predicted molar refractivity (Wildman–Crippen MR) is 48.7 cm³/mol. The Labute approximate surface area is 77.1 Å². The maximum absolute atomic E-state index is 10.9. The van der Waals surface area contributed by atoms with Crippen molar-refractivity contribution in [3.63, 3.8) is 0 Å². The van der Waals surface area contributed by atoms with Gasteiger partial charge in [0.2, 0.25) is 0 Å². The van der Waals surface area contributed by atoms with Crippen LogP contribution in [-0.2, 0) is 9.53 Å².